The van der Waals surface area contributed by atoms with Crippen molar-refractivity contribution in [1.82, 2.24) is 5.32 Å². The van der Waals surface area contributed by atoms with E-state index in [1.165, 1.54) is 32.1 Å². The molecule has 90 valence electrons. The fraction of sp³-hybridized carbons (Fsp3) is 0.583. The molecule has 1 fully saturated rings. The molecular formula is C12H20ClN3. The third kappa shape index (κ3) is 4.27. The Morgan fingerprint density at radius 1 is 1.44 bits per heavy atom. The van der Waals surface area contributed by atoms with Gasteiger partial charge in [-0.1, -0.05) is 30.9 Å². The van der Waals surface area contributed by atoms with Gasteiger partial charge < -0.3 is 11.1 Å². The van der Waals surface area contributed by atoms with E-state index in [-0.39, 0.29) is 0 Å². The van der Waals surface area contributed by atoms with Crippen LogP contribution in [0.5, 0.6) is 0 Å². The van der Waals surface area contributed by atoms with Crippen molar-refractivity contribution in [2.24, 2.45) is 10.7 Å². The number of allylic oxidation sites excluding steroid dienone is 2. The molecule has 1 rings (SSSR count). The van der Waals surface area contributed by atoms with E-state index in [1.54, 1.807) is 6.08 Å². The molecule has 0 radical (unpaired) electrons. The molecule has 0 saturated heterocycles. The fourth-order valence-electron chi connectivity index (χ4n) is 1.90. The number of nitrogens with two attached hydrogens (primary N) is 1. The molecule has 0 bridgehead atoms. The predicted octanol–water partition coefficient (Wildman–Crippen LogP) is 2.88. The lowest BCUT2D eigenvalue weighted by Crippen LogP contribution is -2.31. The minimum absolute atomic E-state index is 0.364. The van der Waals surface area contributed by atoms with Crippen molar-refractivity contribution >= 4 is 18.3 Å². The van der Waals surface area contributed by atoms with Gasteiger partial charge in [0.2, 0.25) is 0 Å². The lowest BCUT2D eigenvalue weighted by atomic mass is 9.95. The number of nitrogens with zero attached hydrogens (tertiary/aromatic N) is 1. The molecule has 0 atom stereocenters. The van der Waals surface area contributed by atoms with Crippen LogP contribution in [0.15, 0.2) is 27.6 Å². The maximum Gasteiger partial charge on any atom is 0.130 e. The van der Waals surface area contributed by atoms with E-state index in [4.69, 9.17) is 17.3 Å². The largest absolute Gasteiger partial charge is 0.401 e. The van der Waals surface area contributed by atoms with Gasteiger partial charge in [0.1, 0.15) is 5.16 Å². The number of hydrogen-bond donors (Lipinski definition) is 2. The number of aliphatic imine (C=N–C) groups is 1. The second-order valence-corrected chi connectivity index (χ2v) is 4.59. The molecule has 0 aromatic heterocycles. The minimum Gasteiger partial charge on any atom is -0.401 e. The highest BCUT2D eigenvalue weighted by molar-refractivity contribution is 6.29. The average Bonchev–Trinajstić information content (AvgIpc) is 2.29. The van der Waals surface area contributed by atoms with Gasteiger partial charge in [-0.2, -0.15) is 0 Å². The van der Waals surface area contributed by atoms with Crippen LogP contribution in [0.3, 0.4) is 0 Å². The van der Waals surface area contributed by atoms with Crippen LogP contribution in [0.25, 0.3) is 0 Å². The third-order valence-corrected chi connectivity index (χ3v) is 3.03. The summed E-state index contributed by atoms with van der Waals surface area (Å²) in [6, 6.07) is 0.507. The first-order chi connectivity index (χ1) is 7.63. The zero-order valence-electron chi connectivity index (χ0n) is 9.80. The van der Waals surface area contributed by atoms with Gasteiger partial charge in [-0.05, 0) is 26.5 Å². The molecule has 3 nitrogen and oxygen atoms in total. The summed E-state index contributed by atoms with van der Waals surface area (Å²) < 4.78 is 0. The molecule has 0 spiro atoms. The Balaban J connectivity index is 2.65. The lowest BCUT2D eigenvalue weighted by molar-refractivity contribution is 0.398. The Bertz CT molecular complexity index is 297. The maximum atomic E-state index is 5.82. The van der Waals surface area contributed by atoms with Crippen LogP contribution in [0.1, 0.15) is 39.0 Å². The number of rotatable bonds is 4. The molecule has 1 saturated carbocycles. The van der Waals surface area contributed by atoms with Gasteiger partial charge >= 0.3 is 0 Å². The molecule has 1 aliphatic rings. The zero-order chi connectivity index (χ0) is 12.0. The van der Waals surface area contributed by atoms with Crippen LogP contribution in [0, 0.1) is 0 Å². The molecule has 3 N–H and O–H groups in total. The standard InChI is InChI=1S/C12H20ClN3/c1-9(14)11(8-12(13)15-2)16-10-6-4-3-5-7-10/h8,10,16H,2-7,14H2,1H3/b11-9-,12-8-. The summed E-state index contributed by atoms with van der Waals surface area (Å²) in [4.78, 5) is 3.65. The maximum absolute atomic E-state index is 5.82. The molecule has 0 unspecified atom stereocenters. The number of nitrogens with one attached hydrogen (secondary N) is 1. The Kier molecular flexibility index (Phi) is 5.39. The smallest absolute Gasteiger partial charge is 0.130 e. The summed E-state index contributed by atoms with van der Waals surface area (Å²) in [5.74, 6) is 0. The van der Waals surface area contributed by atoms with Crippen molar-refractivity contribution in [2.75, 3.05) is 0 Å². The molecule has 0 aliphatic heterocycles. The summed E-state index contributed by atoms with van der Waals surface area (Å²) in [6.07, 6.45) is 8.03. The van der Waals surface area contributed by atoms with Crippen LogP contribution in [-0.2, 0) is 0 Å². The van der Waals surface area contributed by atoms with Crippen molar-refractivity contribution in [1.29, 1.82) is 0 Å². The Morgan fingerprint density at radius 2 is 2.06 bits per heavy atom. The van der Waals surface area contributed by atoms with E-state index in [2.05, 4.69) is 17.0 Å². The third-order valence-electron chi connectivity index (χ3n) is 2.80. The molecule has 0 aromatic carbocycles. The summed E-state index contributed by atoms with van der Waals surface area (Å²) in [7, 11) is 0. The Labute approximate surface area is 102 Å². The normalized spacial score (nSPS) is 20.2. The van der Waals surface area contributed by atoms with Crippen LogP contribution < -0.4 is 11.1 Å². The summed E-state index contributed by atoms with van der Waals surface area (Å²) in [6.45, 7) is 5.23. The van der Waals surface area contributed by atoms with Crippen molar-refractivity contribution in [3.05, 3.63) is 22.6 Å². The van der Waals surface area contributed by atoms with Gasteiger partial charge in [-0.15, -0.1) is 0 Å². The Morgan fingerprint density at radius 3 is 2.56 bits per heavy atom. The first-order valence-electron chi connectivity index (χ1n) is 5.70. The Hall–Kier alpha value is -0.960. The summed E-state index contributed by atoms with van der Waals surface area (Å²) in [5.41, 5.74) is 7.40. The average molecular weight is 242 g/mol. The van der Waals surface area contributed by atoms with E-state index in [0.29, 0.717) is 11.2 Å². The quantitative estimate of drug-likeness (QED) is 0.452. The zero-order valence-corrected chi connectivity index (χ0v) is 10.6. The lowest BCUT2D eigenvalue weighted by Gasteiger charge is -2.24. The van der Waals surface area contributed by atoms with Crippen LogP contribution in [0.2, 0.25) is 0 Å². The van der Waals surface area contributed by atoms with E-state index in [9.17, 15) is 0 Å². The molecule has 0 heterocycles. The molecule has 1 aliphatic carbocycles. The van der Waals surface area contributed by atoms with E-state index < -0.39 is 0 Å². The summed E-state index contributed by atoms with van der Waals surface area (Å²) in [5, 5.41) is 3.79. The fourth-order valence-corrected chi connectivity index (χ4v) is 2.01. The molecule has 0 amide bonds. The predicted molar refractivity (Wildman–Crippen MR) is 70.4 cm³/mol. The van der Waals surface area contributed by atoms with E-state index in [1.807, 2.05) is 6.92 Å². The van der Waals surface area contributed by atoms with Crippen LogP contribution in [-0.4, -0.2) is 12.8 Å². The highest BCUT2D eigenvalue weighted by Crippen LogP contribution is 2.19. The molecule has 0 aromatic rings. The van der Waals surface area contributed by atoms with Crippen molar-refractivity contribution < 1.29 is 0 Å². The number of hydrogen-bond acceptors (Lipinski definition) is 3. The summed E-state index contributed by atoms with van der Waals surface area (Å²) >= 11 is 5.82. The van der Waals surface area contributed by atoms with Gasteiger partial charge in [0.05, 0.1) is 5.70 Å². The highest BCUT2D eigenvalue weighted by Gasteiger charge is 2.14. The van der Waals surface area contributed by atoms with Crippen LogP contribution in [0.4, 0.5) is 0 Å². The van der Waals surface area contributed by atoms with Gasteiger partial charge in [0, 0.05) is 17.8 Å². The second kappa shape index (κ2) is 6.59. The molecule has 4 heteroatoms. The second-order valence-electron chi connectivity index (χ2n) is 4.20. The van der Waals surface area contributed by atoms with Gasteiger partial charge in [0.15, 0.2) is 0 Å². The van der Waals surface area contributed by atoms with Gasteiger partial charge in [-0.3, -0.25) is 4.99 Å². The first-order valence-corrected chi connectivity index (χ1v) is 6.08. The monoisotopic (exact) mass is 241 g/mol. The number of halogens is 1. The van der Waals surface area contributed by atoms with Crippen molar-refractivity contribution in [3.63, 3.8) is 0 Å². The van der Waals surface area contributed by atoms with Crippen LogP contribution >= 0.6 is 11.6 Å². The van der Waals surface area contributed by atoms with E-state index >= 15 is 0 Å². The SMILES string of the molecule is C=N/C(Cl)=C\C(NC1CCCCC1)=C(/C)N. The van der Waals surface area contributed by atoms with Crippen molar-refractivity contribution in [3.8, 4) is 0 Å². The topological polar surface area (TPSA) is 50.4 Å². The van der Waals surface area contributed by atoms with Crippen molar-refractivity contribution in [2.45, 2.75) is 45.1 Å². The first kappa shape index (κ1) is 13.1. The molecule has 16 heavy (non-hydrogen) atoms. The molecular weight excluding hydrogens is 222 g/mol. The van der Waals surface area contributed by atoms with Gasteiger partial charge in [-0.25, -0.2) is 0 Å². The highest BCUT2D eigenvalue weighted by atomic mass is 35.5. The van der Waals surface area contributed by atoms with Gasteiger partial charge in [0.25, 0.3) is 0 Å². The van der Waals surface area contributed by atoms with E-state index in [0.717, 1.165) is 11.4 Å². The minimum atomic E-state index is 0.364.